The molecule has 3 rings (SSSR count). The molecule has 0 radical (unpaired) electrons. The van der Waals surface area contributed by atoms with Crippen molar-refractivity contribution in [2.45, 2.75) is 6.42 Å². The first kappa shape index (κ1) is 10.2. The fourth-order valence-corrected chi connectivity index (χ4v) is 2.40. The van der Waals surface area contributed by atoms with Crippen molar-refractivity contribution in [3.05, 3.63) is 62.3 Å². The number of hydrogen-bond donors (Lipinski definition) is 0. The molecule has 0 aromatic carbocycles. The lowest BCUT2D eigenvalue weighted by molar-refractivity contribution is -0.389. The highest BCUT2D eigenvalue weighted by molar-refractivity contribution is 6.33. The van der Waals surface area contributed by atoms with Gasteiger partial charge in [0, 0.05) is 5.03 Å². The summed E-state index contributed by atoms with van der Waals surface area (Å²) in [5, 5.41) is 11.6. The number of nitro groups is 1. The van der Waals surface area contributed by atoms with Crippen molar-refractivity contribution in [2.24, 2.45) is 0 Å². The minimum Gasteiger partial charge on any atom is -0.358 e. The second kappa shape index (κ2) is 3.53. The molecule has 2 aliphatic rings. The summed E-state index contributed by atoms with van der Waals surface area (Å²) in [6.07, 6.45) is 5.96. The molecule has 0 unspecified atom stereocenters. The molecule has 1 heterocycles. The highest BCUT2D eigenvalue weighted by Crippen LogP contribution is 2.45. The molecule has 1 aromatic heterocycles. The number of nitrogens with zero attached hydrogens (tertiary/aromatic N) is 2. The third-order valence-corrected chi connectivity index (χ3v) is 3.25. The van der Waals surface area contributed by atoms with Crippen molar-refractivity contribution in [3.63, 3.8) is 0 Å². The van der Waals surface area contributed by atoms with Gasteiger partial charge in [0.15, 0.2) is 0 Å². The average Bonchev–Trinajstić information content (AvgIpc) is 2.87. The van der Waals surface area contributed by atoms with Gasteiger partial charge in [0.1, 0.15) is 6.20 Å². The molecule has 0 aliphatic heterocycles. The zero-order chi connectivity index (χ0) is 12.0. The summed E-state index contributed by atoms with van der Waals surface area (Å²) in [6.45, 7) is 0. The third kappa shape index (κ3) is 1.49. The molecule has 0 amide bonds. The first-order valence-electron chi connectivity index (χ1n) is 5.08. The predicted octanol–water partition coefficient (Wildman–Crippen LogP) is 3.21. The van der Waals surface area contributed by atoms with E-state index < -0.39 is 4.92 Å². The minimum absolute atomic E-state index is 0.107. The van der Waals surface area contributed by atoms with E-state index in [1.165, 1.54) is 6.20 Å². The molecule has 2 bridgehead atoms. The highest BCUT2D eigenvalue weighted by atomic mass is 35.5. The number of allylic oxidation sites excluding steroid dienone is 6. The molecule has 0 N–H and O–H groups in total. The summed E-state index contributed by atoms with van der Waals surface area (Å²) in [4.78, 5) is 14.3. The van der Waals surface area contributed by atoms with Crippen LogP contribution in [0, 0.1) is 10.1 Å². The van der Waals surface area contributed by atoms with Crippen LogP contribution in [0.4, 0.5) is 5.82 Å². The Bertz CT molecular complexity index is 629. The number of rotatable bonds is 2. The standard InChI is InChI=1S/C12H7ClN2O2/c13-11-6-7-4-8(11)5-10(7)9-2-1-3-14-12(9)15(16)17/h1-3,5-6H,4H2. The molecular formula is C12H7ClN2O2. The Morgan fingerprint density at radius 1 is 1.41 bits per heavy atom. The van der Waals surface area contributed by atoms with E-state index >= 15 is 0 Å². The van der Waals surface area contributed by atoms with Gasteiger partial charge >= 0.3 is 5.82 Å². The molecule has 2 aliphatic carbocycles. The summed E-state index contributed by atoms with van der Waals surface area (Å²) < 4.78 is 0. The largest absolute Gasteiger partial charge is 0.371 e. The Balaban J connectivity index is 2.18. The lowest BCUT2D eigenvalue weighted by Gasteiger charge is -2.05. The number of fused-ring (bicyclic) bond motifs is 2. The molecule has 5 heteroatoms. The summed E-state index contributed by atoms with van der Waals surface area (Å²) in [6, 6.07) is 3.42. The van der Waals surface area contributed by atoms with Crippen LogP contribution in [0.15, 0.2) is 46.7 Å². The van der Waals surface area contributed by atoms with Crippen LogP contribution in [0.2, 0.25) is 0 Å². The summed E-state index contributed by atoms with van der Waals surface area (Å²) in [5.41, 5.74) is 3.48. The van der Waals surface area contributed by atoms with E-state index in [0.29, 0.717) is 5.56 Å². The highest BCUT2D eigenvalue weighted by Gasteiger charge is 2.27. The van der Waals surface area contributed by atoms with Gasteiger partial charge in [0.05, 0.1) is 5.56 Å². The van der Waals surface area contributed by atoms with Gasteiger partial charge in [-0.1, -0.05) is 11.6 Å². The second-order valence-corrected chi connectivity index (χ2v) is 4.32. The Hall–Kier alpha value is -1.94. The smallest absolute Gasteiger partial charge is 0.358 e. The number of hydrogen-bond acceptors (Lipinski definition) is 3. The molecule has 0 fully saturated rings. The van der Waals surface area contributed by atoms with Gasteiger partial charge in [-0.15, -0.1) is 0 Å². The van der Waals surface area contributed by atoms with E-state index in [1.807, 2.05) is 12.2 Å². The first-order chi connectivity index (χ1) is 8.16. The van der Waals surface area contributed by atoms with E-state index in [2.05, 4.69) is 4.98 Å². The van der Waals surface area contributed by atoms with E-state index in [-0.39, 0.29) is 5.82 Å². The van der Waals surface area contributed by atoms with Gasteiger partial charge < -0.3 is 10.1 Å². The molecule has 0 saturated heterocycles. The molecule has 4 nitrogen and oxygen atoms in total. The Kier molecular flexibility index (Phi) is 2.12. The van der Waals surface area contributed by atoms with Crippen LogP contribution in [0.25, 0.3) is 5.57 Å². The molecule has 84 valence electrons. The fourth-order valence-electron chi connectivity index (χ4n) is 2.15. The van der Waals surface area contributed by atoms with Crippen LogP contribution in [0.3, 0.4) is 0 Å². The summed E-state index contributed by atoms with van der Waals surface area (Å²) >= 11 is 5.97. The van der Waals surface area contributed by atoms with Crippen LogP contribution in [-0.2, 0) is 0 Å². The zero-order valence-electron chi connectivity index (χ0n) is 8.68. The number of pyridine rings is 1. The quantitative estimate of drug-likeness (QED) is 0.595. The van der Waals surface area contributed by atoms with E-state index in [1.54, 1.807) is 12.1 Å². The summed E-state index contributed by atoms with van der Waals surface area (Å²) in [5.74, 6) is -0.107. The van der Waals surface area contributed by atoms with Gasteiger partial charge in [-0.25, -0.2) is 0 Å². The maximum absolute atomic E-state index is 10.9. The van der Waals surface area contributed by atoms with E-state index in [0.717, 1.165) is 28.2 Å². The SMILES string of the molecule is O=[N+]([O-])c1ncccc1C1=C2C=C(Cl)C(=C1)C2. The van der Waals surface area contributed by atoms with Gasteiger partial charge in [-0.3, -0.25) is 0 Å². The Morgan fingerprint density at radius 3 is 2.82 bits per heavy atom. The third-order valence-electron chi connectivity index (χ3n) is 2.90. The summed E-state index contributed by atoms with van der Waals surface area (Å²) in [7, 11) is 0. The lowest BCUT2D eigenvalue weighted by atomic mass is 10.0. The topological polar surface area (TPSA) is 56.0 Å². The zero-order valence-corrected chi connectivity index (χ0v) is 9.44. The number of aromatic nitrogens is 1. The normalized spacial score (nSPS) is 17.2. The molecule has 0 atom stereocenters. The monoisotopic (exact) mass is 246 g/mol. The van der Waals surface area contributed by atoms with Crippen molar-refractivity contribution in [3.8, 4) is 0 Å². The first-order valence-corrected chi connectivity index (χ1v) is 5.45. The molecule has 17 heavy (non-hydrogen) atoms. The molecule has 0 saturated carbocycles. The van der Waals surface area contributed by atoms with Crippen molar-refractivity contribution in [1.82, 2.24) is 4.98 Å². The van der Waals surface area contributed by atoms with Crippen molar-refractivity contribution < 1.29 is 4.92 Å². The van der Waals surface area contributed by atoms with Gasteiger partial charge in [-0.05, 0) is 57.3 Å². The maximum Gasteiger partial charge on any atom is 0.371 e. The Labute approximate surface area is 102 Å². The average molecular weight is 247 g/mol. The van der Waals surface area contributed by atoms with Crippen molar-refractivity contribution >= 4 is 23.0 Å². The van der Waals surface area contributed by atoms with Crippen molar-refractivity contribution in [1.29, 1.82) is 0 Å². The number of halogens is 1. The van der Waals surface area contributed by atoms with Crippen LogP contribution >= 0.6 is 11.6 Å². The van der Waals surface area contributed by atoms with Crippen molar-refractivity contribution in [2.75, 3.05) is 0 Å². The van der Waals surface area contributed by atoms with E-state index in [9.17, 15) is 10.1 Å². The maximum atomic E-state index is 10.9. The molecule has 1 aromatic rings. The lowest BCUT2D eigenvalue weighted by Crippen LogP contribution is -1.97. The van der Waals surface area contributed by atoms with Crippen LogP contribution in [0.1, 0.15) is 12.0 Å². The van der Waals surface area contributed by atoms with Gasteiger partial charge in [-0.2, -0.15) is 0 Å². The van der Waals surface area contributed by atoms with Gasteiger partial charge in [0.2, 0.25) is 0 Å². The van der Waals surface area contributed by atoms with Crippen LogP contribution < -0.4 is 0 Å². The fraction of sp³-hybridized carbons (Fsp3) is 0.0833. The predicted molar refractivity (Wildman–Crippen MR) is 64.4 cm³/mol. The molecular weight excluding hydrogens is 240 g/mol. The minimum atomic E-state index is -0.460. The van der Waals surface area contributed by atoms with E-state index in [4.69, 9.17) is 11.6 Å². The van der Waals surface area contributed by atoms with Crippen LogP contribution in [0.5, 0.6) is 0 Å². The van der Waals surface area contributed by atoms with Gasteiger partial charge in [0.25, 0.3) is 0 Å². The van der Waals surface area contributed by atoms with Crippen LogP contribution in [-0.4, -0.2) is 9.91 Å². The molecule has 0 spiro atoms. The second-order valence-electron chi connectivity index (χ2n) is 3.91. The Morgan fingerprint density at radius 2 is 2.24 bits per heavy atom.